The Morgan fingerprint density at radius 2 is 1.94 bits per heavy atom. The molecule has 0 radical (unpaired) electrons. The number of hydrogen-bond donors (Lipinski definition) is 1. The third-order valence-corrected chi connectivity index (χ3v) is 3.65. The maximum Gasteiger partial charge on any atom is 0.124 e. The molecule has 1 aromatic heterocycles. The van der Waals surface area contributed by atoms with E-state index in [9.17, 15) is 0 Å². The lowest BCUT2D eigenvalue weighted by atomic mass is 10.4. The molecule has 0 bridgehead atoms. The minimum atomic E-state index is 0.553. The highest BCUT2D eigenvalue weighted by Crippen LogP contribution is 2.31. The van der Waals surface area contributed by atoms with Crippen LogP contribution in [0.5, 0.6) is 0 Å². The Labute approximate surface area is 111 Å². The fourth-order valence-corrected chi connectivity index (χ4v) is 2.35. The Bertz CT molecular complexity index is 502. The maximum absolute atomic E-state index is 5.82. The van der Waals surface area contributed by atoms with E-state index in [1.54, 1.807) is 12.3 Å². The summed E-state index contributed by atoms with van der Waals surface area (Å²) in [4.78, 5) is 5.28. The molecule has 2 nitrogen and oxygen atoms in total. The molecule has 1 aromatic carbocycles. The van der Waals surface area contributed by atoms with Gasteiger partial charge in [-0.1, -0.05) is 39.3 Å². The second-order valence-corrected chi connectivity index (χ2v) is 5.52. The lowest BCUT2D eigenvalue weighted by Crippen LogP contribution is -1.91. The Kier molecular flexibility index (Phi) is 3.74. The number of benzene rings is 1. The van der Waals surface area contributed by atoms with E-state index in [0.717, 1.165) is 14.4 Å². The Morgan fingerprint density at radius 3 is 2.56 bits per heavy atom. The fourth-order valence-electron chi connectivity index (χ4n) is 1.14. The van der Waals surface area contributed by atoms with Crippen LogP contribution < -0.4 is 5.73 Å². The van der Waals surface area contributed by atoms with Gasteiger partial charge in [0.25, 0.3) is 0 Å². The van der Waals surface area contributed by atoms with Crippen molar-refractivity contribution in [1.29, 1.82) is 0 Å². The normalized spacial score (nSPS) is 10.4. The minimum absolute atomic E-state index is 0.553. The molecule has 2 aromatic rings. The molecule has 0 aliphatic heterocycles. The van der Waals surface area contributed by atoms with Gasteiger partial charge in [0.2, 0.25) is 0 Å². The average molecular weight is 316 g/mol. The van der Waals surface area contributed by atoms with Gasteiger partial charge in [-0.2, -0.15) is 0 Å². The smallest absolute Gasteiger partial charge is 0.124 e. The zero-order valence-electron chi connectivity index (χ0n) is 8.15. The predicted octanol–water partition coefficient (Wildman–Crippen LogP) is 4.23. The van der Waals surface area contributed by atoms with Crippen molar-refractivity contribution in [1.82, 2.24) is 4.98 Å². The van der Waals surface area contributed by atoms with E-state index in [4.69, 9.17) is 17.3 Å². The second kappa shape index (κ2) is 5.08. The summed E-state index contributed by atoms with van der Waals surface area (Å²) in [5.41, 5.74) is 6.42. The van der Waals surface area contributed by atoms with Gasteiger partial charge in [-0.3, -0.25) is 0 Å². The van der Waals surface area contributed by atoms with Crippen molar-refractivity contribution < 1.29 is 0 Å². The van der Waals surface area contributed by atoms with E-state index in [2.05, 4.69) is 20.9 Å². The van der Waals surface area contributed by atoms with E-state index in [0.29, 0.717) is 10.7 Å². The summed E-state index contributed by atoms with van der Waals surface area (Å²) in [6.07, 6.45) is 1.60. The molecule has 0 saturated heterocycles. The highest BCUT2D eigenvalue weighted by atomic mass is 79.9. The van der Waals surface area contributed by atoms with E-state index < -0.39 is 0 Å². The van der Waals surface area contributed by atoms with E-state index in [-0.39, 0.29) is 0 Å². The summed E-state index contributed by atoms with van der Waals surface area (Å²) in [7, 11) is 0. The molecule has 0 atom stereocenters. The molecule has 82 valence electrons. The first-order valence-corrected chi connectivity index (χ1v) is 6.48. The maximum atomic E-state index is 5.82. The standard InChI is InChI=1S/C11H8BrClN2S/c12-7-1-3-9(4-2-7)16-11-10(14)5-8(13)6-15-11/h1-6H,14H2. The number of nitrogens with zero attached hydrogens (tertiary/aromatic N) is 1. The highest BCUT2D eigenvalue weighted by Gasteiger charge is 2.04. The van der Waals surface area contributed by atoms with Gasteiger partial charge in [0.15, 0.2) is 0 Å². The molecule has 5 heteroatoms. The van der Waals surface area contributed by atoms with Gasteiger partial charge >= 0.3 is 0 Å². The molecule has 0 aliphatic rings. The number of halogens is 2. The lowest BCUT2D eigenvalue weighted by molar-refractivity contribution is 1.14. The van der Waals surface area contributed by atoms with Crippen molar-refractivity contribution in [3.63, 3.8) is 0 Å². The Hall–Kier alpha value is -0.710. The Balaban J connectivity index is 2.23. The van der Waals surface area contributed by atoms with Crippen molar-refractivity contribution in [3.05, 3.63) is 46.0 Å². The first-order chi connectivity index (χ1) is 7.65. The van der Waals surface area contributed by atoms with Gasteiger partial charge in [0.05, 0.1) is 10.7 Å². The number of nitrogens with two attached hydrogens (primary N) is 1. The molecule has 1 heterocycles. The SMILES string of the molecule is Nc1cc(Cl)cnc1Sc1ccc(Br)cc1. The van der Waals surface area contributed by atoms with Crippen LogP contribution in [0.2, 0.25) is 5.02 Å². The topological polar surface area (TPSA) is 38.9 Å². The van der Waals surface area contributed by atoms with Gasteiger partial charge in [0.1, 0.15) is 5.03 Å². The van der Waals surface area contributed by atoms with Crippen molar-refractivity contribution in [3.8, 4) is 0 Å². The van der Waals surface area contributed by atoms with Crippen LogP contribution in [0.15, 0.2) is 50.9 Å². The summed E-state index contributed by atoms with van der Waals surface area (Å²) in [6.45, 7) is 0. The van der Waals surface area contributed by atoms with Crippen LogP contribution in [0.3, 0.4) is 0 Å². The number of pyridine rings is 1. The van der Waals surface area contributed by atoms with Gasteiger partial charge in [0, 0.05) is 15.6 Å². The number of rotatable bonds is 2. The van der Waals surface area contributed by atoms with Crippen LogP contribution in [-0.4, -0.2) is 4.98 Å². The largest absolute Gasteiger partial charge is 0.396 e. The van der Waals surface area contributed by atoms with Crippen LogP contribution in [0.1, 0.15) is 0 Å². The second-order valence-electron chi connectivity index (χ2n) is 3.10. The lowest BCUT2D eigenvalue weighted by Gasteiger charge is -2.04. The van der Waals surface area contributed by atoms with Gasteiger partial charge in [-0.25, -0.2) is 4.98 Å². The van der Waals surface area contributed by atoms with Crippen molar-refractivity contribution in [2.75, 3.05) is 5.73 Å². The first-order valence-electron chi connectivity index (χ1n) is 4.49. The summed E-state index contributed by atoms with van der Waals surface area (Å²) in [5.74, 6) is 0. The number of aromatic nitrogens is 1. The molecule has 2 N–H and O–H groups in total. The summed E-state index contributed by atoms with van der Waals surface area (Å²) in [6, 6.07) is 9.67. The third kappa shape index (κ3) is 2.90. The molecular formula is C11H8BrClN2S. The quantitative estimate of drug-likeness (QED) is 0.901. The molecule has 0 unspecified atom stereocenters. The molecule has 0 spiro atoms. The van der Waals surface area contributed by atoms with E-state index in [1.807, 2.05) is 24.3 Å². The van der Waals surface area contributed by atoms with Crippen molar-refractivity contribution in [2.45, 2.75) is 9.92 Å². The minimum Gasteiger partial charge on any atom is -0.396 e. The third-order valence-electron chi connectivity index (χ3n) is 1.87. The molecule has 16 heavy (non-hydrogen) atoms. The zero-order chi connectivity index (χ0) is 11.5. The van der Waals surface area contributed by atoms with Crippen LogP contribution in [0.25, 0.3) is 0 Å². The van der Waals surface area contributed by atoms with Gasteiger partial charge in [-0.15, -0.1) is 0 Å². The van der Waals surface area contributed by atoms with Crippen molar-refractivity contribution >= 4 is 45.0 Å². The Morgan fingerprint density at radius 1 is 1.25 bits per heavy atom. The zero-order valence-corrected chi connectivity index (χ0v) is 11.3. The summed E-state index contributed by atoms with van der Waals surface area (Å²) >= 11 is 10.7. The van der Waals surface area contributed by atoms with E-state index >= 15 is 0 Å². The monoisotopic (exact) mass is 314 g/mol. The van der Waals surface area contributed by atoms with Crippen LogP contribution in [-0.2, 0) is 0 Å². The molecule has 0 aliphatic carbocycles. The predicted molar refractivity (Wildman–Crippen MR) is 71.9 cm³/mol. The molecule has 2 rings (SSSR count). The average Bonchev–Trinajstić information content (AvgIpc) is 2.25. The van der Waals surface area contributed by atoms with E-state index in [1.165, 1.54) is 11.8 Å². The van der Waals surface area contributed by atoms with Crippen LogP contribution in [0.4, 0.5) is 5.69 Å². The molecule has 0 saturated carbocycles. The highest BCUT2D eigenvalue weighted by molar-refractivity contribution is 9.10. The van der Waals surface area contributed by atoms with Crippen molar-refractivity contribution in [2.24, 2.45) is 0 Å². The number of anilines is 1. The fraction of sp³-hybridized carbons (Fsp3) is 0. The summed E-state index contributed by atoms with van der Waals surface area (Å²) in [5, 5.41) is 1.32. The first kappa shape index (κ1) is 11.8. The number of nitrogen functional groups attached to an aromatic ring is 1. The molecular weight excluding hydrogens is 308 g/mol. The van der Waals surface area contributed by atoms with Crippen LogP contribution >= 0.6 is 39.3 Å². The molecule has 0 fully saturated rings. The van der Waals surface area contributed by atoms with Crippen LogP contribution in [0, 0.1) is 0 Å². The molecule has 0 amide bonds. The number of hydrogen-bond acceptors (Lipinski definition) is 3. The summed E-state index contributed by atoms with van der Waals surface area (Å²) < 4.78 is 1.05. The van der Waals surface area contributed by atoms with Gasteiger partial charge in [-0.05, 0) is 30.3 Å². The van der Waals surface area contributed by atoms with Gasteiger partial charge < -0.3 is 5.73 Å².